The van der Waals surface area contributed by atoms with Crippen molar-refractivity contribution in [2.45, 2.75) is 45.7 Å². The van der Waals surface area contributed by atoms with E-state index in [1.54, 1.807) is 13.1 Å². The van der Waals surface area contributed by atoms with Crippen LogP contribution >= 0.6 is 11.6 Å². The van der Waals surface area contributed by atoms with Crippen LogP contribution in [0.3, 0.4) is 0 Å². The molecular weight excluding hydrogens is 382 g/mol. The molecule has 0 amide bonds. The van der Waals surface area contributed by atoms with E-state index in [-0.39, 0.29) is 49.7 Å². The molecule has 2 aliphatic rings. The monoisotopic (exact) mass is 407 g/mol. The number of aliphatic hydroxyl groups is 1. The van der Waals surface area contributed by atoms with Gasteiger partial charge in [-0.15, -0.1) is 0 Å². The maximum absolute atomic E-state index is 12.7. The molecule has 1 aromatic carbocycles. The van der Waals surface area contributed by atoms with E-state index in [0.717, 1.165) is 17.5 Å². The van der Waals surface area contributed by atoms with Gasteiger partial charge in [-0.2, -0.15) is 0 Å². The van der Waals surface area contributed by atoms with Gasteiger partial charge in [0.05, 0.1) is 24.3 Å². The molecule has 0 aromatic heterocycles. The largest absolute Gasteiger partial charge is 0.490 e. The normalized spacial score (nSPS) is 21.1. The van der Waals surface area contributed by atoms with Crippen LogP contribution in [0.4, 0.5) is 0 Å². The number of hydrogen-bond donors (Lipinski definition) is 1. The molecule has 2 unspecified atom stereocenters. The second kappa shape index (κ2) is 8.53. The van der Waals surface area contributed by atoms with Crippen molar-refractivity contribution in [3.05, 3.63) is 40.1 Å². The number of nitrogens with zero attached hydrogens (tertiary/aromatic N) is 1. The lowest BCUT2D eigenvalue weighted by molar-refractivity contribution is -0.140. The average molecular weight is 408 g/mol. The van der Waals surface area contributed by atoms with E-state index in [1.165, 1.54) is 0 Å². The maximum Gasteiger partial charge on any atom is 0.343 e. The molecule has 1 aromatic rings. The van der Waals surface area contributed by atoms with E-state index in [4.69, 9.17) is 26.2 Å². The Labute approximate surface area is 170 Å². The first-order valence-corrected chi connectivity index (χ1v) is 10.0. The topological polar surface area (TPSA) is 76.1 Å². The van der Waals surface area contributed by atoms with Crippen LogP contribution in [0.25, 0.3) is 0 Å². The van der Waals surface area contributed by atoms with Crippen molar-refractivity contribution in [1.82, 2.24) is 4.90 Å². The zero-order valence-corrected chi connectivity index (χ0v) is 17.2. The summed E-state index contributed by atoms with van der Waals surface area (Å²) in [4.78, 5) is 27.0. The van der Waals surface area contributed by atoms with E-state index in [9.17, 15) is 9.59 Å². The number of esters is 1. The molecule has 7 heteroatoms. The number of fused-ring (bicyclic) bond motifs is 3. The fraction of sp³-hybridized carbons (Fsp3) is 0.524. The molecule has 2 heterocycles. The molecule has 6 nitrogen and oxygen atoms in total. The number of ketones is 1. The predicted octanol–water partition coefficient (Wildman–Crippen LogP) is 3.05. The second-order valence-electron chi connectivity index (χ2n) is 7.42. The second-order valence-corrected chi connectivity index (χ2v) is 7.83. The van der Waals surface area contributed by atoms with Gasteiger partial charge in [0, 0.05) is 18.7 Å². The van der Waals surface area contributed by atoms with Crippen molar-refractivity contribution < 1.29 is 24.2 Å². The first-order chi connectivity index (χ1) is 13.4. The molecule has 1 N–H and O–H groups in total. The van der Waals surface area contributed by atoms with Crippen LogP contribution in [0.5, 0.6) is 5.75 Å². The Morgan fingerprint density at radius 2 is 2.11 bits per heavy atom. The van der Waals surface area contributed by atoms with Gasteiger partial charge in [-0.1, -0.05) is 25.4 Å². The minimum Gasteiger partial charge on any atom is -0.490 e. The average Bonchev–Trinajstić information content (AvgIpc) is 2.65. The third kappa shape index (κ3) is 3.89. The number of benzene rings is 1. The molecule has 28 heavy (non-hydrogen) atoms. The van der Waals surface area contributed by atoms with Crippen LogP contribution in [-0.4, -0.2) is 47.6 Å². The Morgan fingerprint density at radius 3 is 2.75 bits per heavy atom. The number of aliphatic hydroxyl groups excluding tert-OH is 1. The summed E-state index contributed by atoms with van der Waals surface area (Å²) in [5, 5.41) is 9.45. The summed E-state index contributed by atoms with van der Waals surface area (Å²) >= 11 is 6.38. The van der Waals surface area contributed by atoms with Crippen LogP contribution in [0, 0.1) is 5.92 Å². The van der Waals surface area contributed by atoms with Gasteiger partial charge in [0.2, 0.25) is 0 Å². The first kappa shape index (κ1) is 20.7. The highest BCUT2D eigenvalue weighted by atomic mass is 35.5. The van der Waals surface area contributed by atoms with Gasteiger partial charge < -0.3 is 19.5 Å². The summed E-state index contributed by atoms with van der Waals surface area (Å²) in [5.74, 6) is 0.0631. The Bertz CT molecular complexity index is 804. The molecule has 0 saturated heterocycles. The molecule has 0 fully saturated rings. The van der Waals surface area contributed by atoms with Crippen molar-refractivity contribution in [1.29, 1.82) is 0 Å². The number of ether oxygens (including phenoxy) is 2. The summed E-state index contributed by atoms with van der Waals surface area (Å²) in [5.41, 5.74) is 2.17. The predicted molar refractivity (Wildman–Crippen MR) is 105 cm³/mol. The highest BCUT2D eigenvalue weighted by Gasteiger charge is 2.41. The molecule has 2 atom stereocenters. The number of carbonyl (C=O) groups excluding carboxylic acids is 2. The lowest BCUT2D eigenvalue weighted by Crippen LogP contribution is -2.47. The summed E-state index contributed by atoms with van der Waals surface area (Å²) in [7, 11) is 0. The van der Waals surface area contributed by atoms with Crippen LogP contribution in [0.1, 0.15) is 44.4 Å². The summed E-state index contributed by atoms with van der Waals surface area (Å²) in [6.07, 6.45) is 2.62. The molecule has 0 spiro atoms. The Morgan fingerprint density at radius 1 is 1.36 bits per heavy atom. The van der Waals surface area contributed by atoms with E-state index in [2.05, 4.69) is 18.7 Å². The molecule has 2 aliphatic heterocycles. The van der Waals surface area contributed by atoms with Crippen molar-refractivity contribution in [2.24, 2.45) is 5.92 Å². The Balaban J connectivity index is 2.03. The van der Waals surface area contributed by atoms with E-state index in [1.807, 2.05) is 12.1 Å². The maximum atomic E-state index is 12.7. The van der Waals surface area contributed by atoms with Crippen LogP contribution in [0.15, 0.2) is 23.9 Å². The minimum atomic E-state index is -0.565. The third-order valence-electron chi connectivity index (χ3n) is 5.30. The van der Waals surface area contributed by atoms with Crippen molar-refractivity contribution in [3.8, 4) is 5.75 Å². The quantitative estimate of drug-likeness (QED) is 0.577. The van der Waals surface area contributed by atoms with Gasteiger partial charge in [-0.25, -0.2) is 4.79 Å². The fourth-order valence-corrected chi connectivity index (χ4v) is 4.18. The highest BCUT2D eigenvalue weighted by molar-refractivity contribution is 6.32. The molecular formula is C21H26ClNO5. The number of hydrogen-bond acceptors (Lipinski definition) is 6. The van der Waals surface area contributed by atoms with Crippen molar-refractivity contribution >= 4 is 23.4 Å². The molecule has 0 aliphatic carbocycles. The third-order valence-corrected chi connectivity index (χ3v) is 5.59. The lowest BCUT2D eigenvalue weighted by Gasteiger charge is -2.46. The number of Topliss-reactive ketones (excluding diaryl/α,β-unsaturated/α-hetero) is 1. The van der Waals surface area contributed by atoms with Gasteiger partial charge in [-0.3, -0.25) is 4.79 Å². The van der Waals surface area contributed by atoms with E-state index < -0.39 is 5.97 Å². The van der Waals surface area contributed by atoms with Crippen molar-refractivity contribution in [3.63, 3.8) is 0 Å². The lowest BCUT2D eigenvalue weighted by atomic mass is 9.80. The molecule has 3 rings (SSSR count). The summed E-state index contributed by atoms with van der Waals surface area (Å²) in [6.45, 7) is 6.29. The van der Waals surface area contributed by atoms with Crippen LogP contribution in [-0.2, 0) is 20.7 Å². The van der Waals surface area contributed by atoms with E-state index >= 15 is 0 Å². The highest BCUT2D eigenvalue weighted by Crippen LogP contribution is 2.44. The SMILES string of the molecule is CCOC(=O)C1=CN2C(CC1=O)c1cc(Cl)c(OCCO)cc1CC2C(C)C. The minimum absolute atomic E-state index is 0.0889. The zero-order chi connectivity index (χ0) is 20.4. The Kier molecular flexibility index (Phi) is 6.30. The van der Waals surface area contributed by atoms with Gasteiger partial charge in [-0.05, 0) is 42.5 Å². The Hall–Kier alpha value is -2.05. The van der Waals surface area contributed by atoms with Gasteiger partial charge in [0.25, 0.3) is 0 Å². The summed E-state index contributed by atoms with van der Waals surface area (Å²) in [6, 6.07) is 3.71. The van der Waals surface area contributed by atoms with Gasteiger partial charge >= 0.3 is 5.97 Å². The standard InChI is InChI=1S/C21H26ClNO5/c1-4-27-21(26)15-11-23-17(12(2)3)7-13-8-20(28-6-5-24)16(22)9-14(13)18(23)10-19(15)25/h8-9,11-12,17-18,24H,4-7,10H2,1-3H3. The number of rotatable bonds is 6. The van der Waals surface area contributed by atoms with Crippen LogP contribution < -0.4 is 4.74 Å². The first-order valence-electron chi connectivity index (χ1n) is 9.62. The number of halogens is 1. The summed E-state index contributed by atoms with van der Waals surface area (Å²) < 4.78 is 10.6. The van der Waals surface area contributed by atoms with Gasteiger partial charge in [0.15, 0.2) is 5.78 Å². The van der Waals surface area contributed by atoms with E-state index in [0.29, 0.717) is 16.7 Å². The molecule has 152 valence electrons. The molecule has 0 radical (unpaired) electrons. The zero-order valence-electron chi connectivity index (χ0n) is 16.4. The number of carbonyl (C=O) groups is 2. The van der Waals surface area contributed by atoms with Gasteiger partial charge in [0.1, 0.15) is 17.9 Å². The smallest absolute Gasteiger partial charge is 0.343 e. The van der Waals surface area contributed by atoms with Crippen LogP contribution in [0.2, 0.25) is 5.02 Å². The molecule has 0 bridgehead atoms. The fourth-order valence-electron chi connectivity index (χ4n) is 3.95. The molecule has 0 saturated carbocycles. The van der Waals surface area contributed by atoms with Crippen molar-refractivity contribution in [2.75, 3.05) is 19.8 Å².